The number of primary amides is 1. The van der Waals surface area contributed by atoms with Crippen LogP contribution in [0.2, 0.25) is 0 Å². The van der Waals surface area contributed by atoms with Crippen molar-refractivity contribution in [1.29, 1.82) is 0 Å². The van der Waals surface area contributed by atoms with E-state index in [4.69, 9.17) is 5.73 Å². The maximum atomic E-state index is 10.7. The topological polar surface area (TPSA) is 55.1 Å². The number of nitrogens with two attached hydrogens (primary N) is 1. The molecule has 0 aliphatic carbocycles. The van der Waals surface area contributed by atoms with Crippen LogP contribution in [0.15, 0.2) is 24.3 Å². The standard InChI is InChI=1S/C13H18N2O/c14-13(16)8-5-10-3-6-11(7-4-10)12-2-1-9-15-12/h3-4,6-7,12,15H,1-2,5,8-9H2,(H2,14,16)/t12-/m1/s1. The molecule has 3 heteroatoms. The summed E-state index contributed by atoms with van der Waals surface area (Å²) in [4.78, 5) is 10.7. The maximum Gasteiger partial charge on any atom is 0.217 e. The van der Waals surface area contributed by atoms with Gasteiger partial charge >= 0.3 is 0 Å². The molecule has 1 atom stereocenters. The molecule has 2 rings (SSSR count). The van der Waals surface area contributed by atoms with E-state index in [2.05, 4.69) is 29.6 Å². The van der Waals surface area contributed by atoms with Gasteiger partial charge in [0.05, 0.1) is 0 Å². The number of rotatable bonds is 4. The molecule has 3 N–H and O–H groups in total. The quantitative estimate of drug-likeness (QED) is 0.805. The largest absolute Gasteiger partial charge is 0.370 e. The van der Waals surface area contributed by atoms with Crippen LogP contribution in [0, 0.1) is 0 Å². The molecule has 0 spiro atoms. The highest BCUT2D eigenvalue weighted by atomic mass is 16.1. The fourth-order valence-corrected chi connectivity index (χ4v) is 2.15. The molecule has 3 nitrogen and oxygen atoms in total. The Hall–Kier alpha value is -1.35. The molecule has 1 aromatic rings. The molecule has 86 valence electrons. The molecule has 1 aliphatic heterocycles. The summed E-state index contributed by atoms with van der Waals surface area (Å²) in [5, 5.41) is 3.47. The number of amides is 1. The van der Waals surface area contributed by atoms with Crippen molar-refractivity contribution >= 4 is 5.91 Å². The summed E-state index contributed by atoms with van der Waals surface area (Å²) in [6.45, 7) is 1.12. The van der Waals surface area contributed by atoms with Crippen molar-refractivity contribution in [2.75, 3.05) is 6.54 Å². The van der Waals surface area contributed by atoms with Crippen LogP contribution in [0.1, 0.15) is 36.4 Å². The lowest BCUT2D eigenvalue weighted by Gasteiger charge is -2.10. The average molecular weight is 218 g/mol. The lowest BCUT2D eigenvalue weighted by molar-refractivity contribution is -0.117. The second-order valence-corrected chi connectivity index (χ2v) is 4.36. The van der Waals surface area contributed by atoms with E-state index >= 15 is 0 Å². The SMILES string of the molecule is NC(=O)CCc1ccc([C@H]2CCCN2)cc1. The first-order chi connectivity index (χ1) is 7.75. The van der Waals surface area contributed by atoms with Gasteiger partial charge in [-0.1, -0.05) is 24.3 Å². The van der Waals surface area contributed by atoms with Crippen LogP contribution >= 0.6 is 0 Å². The Kier molecular flexibility index (Phi) is 3.57. The number of benzene rings is 1. The molecule has 0 unspecified atom stereocenters. The summed E-state index contributed by atoms with van der Waals surface area (Å²) >= 11 is 0. The maximum absolute atomic E-state index is 10.7. The minimum Gasteiger partial charge on any atom is -0.370 e. The average Bonchev–Trinajstić information content (AvgIpc) is 2.80. The van der Waals surface area contributed by atoms with E-state index in [1.807, 2.05) is 0 Å². The molecule has 16 heavy (non-hydrogen) atoms. The van der Waals surface area contributed by atoms with Crippen molar-refractivity contribution in [1.82, 2.24) is 5.32 Å². The van der Waals surface area contributed by atoms with E-state index in [1.54, 1.807) is 0 Å². The first-order valence-corrected chi connectivity index (χ1v) is 5.86. The van der Waals surface area contributed by atoms with E-state index in [1.165, 1.54) is 24.0 Å². The smallest absolute Gasteiger partial charge is 0.217 e. The van der Waals surface area contributed by atoms with Gasteiger partial charge < -0.3 is 11.1 Å². The summed E-state index contributed by atoms with van der Waals surface area (Å²) in [6.07, 6.45) is 3.66. The predicted octanol–water partition coefficient (Wildman–Crippen LogP) is 1.53. The predicted molar refractivity (Wildman–Crippen MR) is 63.9 cm³/mol. The van der Waals surface area contributed by atoms with Crippen molar-refractivity contribution in [2.45, 2.75) is 31.7 Å². The van der Waals surface area contributed by atoms with Crippen LogP contribution in [0.25, 0.3) is 0 Å². The van der Waals surface area contributed by atoms with E-state index < -0.39 is 0 Å². The van der Waals surface area contributed by atoms with Crippen LogP contribution in [-0.2, 0) is 11.2 Å². The van der Waals surface area contributed by atoms with Crippen molar-refractivity contribution in [2.24, 2.45) is 5.73 Å². The Balaban J connectivity index is 1.95. The Labute approximate surface area is 96.0 Å². The third kappa shape index (κ3) is 2.83. The zero-order chi connectivity index (χ0) is 11.4. The van der Waals surface area contributed by atoms with Crippen LogP contribution in [-0.4, -0.2) is 12.5 Å². The summed E-state index contributed by atoms with van der Waals surface area (Å²) in [5.41, 5.74) is 7.65. The highest BCUT2D eigenvalue weighted by molar-refractivity contribution is 5.73. The van der Waals surface area contributed by atoms with Crippen molar-refractivity contribution in [3.8, 4) is 0 Å². The number of hydrogen-bond donors (Lipinski definition) is 2. The zero-order valence-electron chi connectivity index (χ0n) is 9.41. The Morgan fingerprint density at radius 1 is 1.38 bits per heavy atom. The number of nitrogens with one attached hydrogen (secondary N) is 1. The molecule has 1 aromatic carbocycles. The fourth-order valence-electron chi connectivity index (χ4n) is 2.15. The summed E-state index contributed by atoms with van der Waals surface area (Å²) < 4.78 is 0. The van der Waals surface area contributed by atoms with Gasteiger partial charge in [0.2, 0.25) is 5.91 Å². The normalized spacial score (nSPS) is 19.9. The number of carbonyl (C=O) groups excluding carboxylic acids is 1. The lowest BCUT2D eigenvalue weighted by Crippen LogP contribution is -2.13. The highest BCUT2D eigenvalue weighted by Crippen LogP contribution is 2.23. The van der Waals surface area contributed by atoms with E-state index in [-0.39, 0.29) is 5.91 Å². The van der Waals surface area contributed by atoms with E-state index in [0.29, 0.717) is 12.5 Å². The third-order valence-electron chi connectivity index (χ3n) is 3.10. The van der Waals surface area contributed by atoms with Gasteiger partial charge in [-0.05, 0) is 36.9 Å². The first-order valence-electron chi connectivity index (χ1n) is 5.86. The summed E-state index contributed by atoms with van der Waals surface area (Å²) in [7, 11) is 0. The molecule has 1 fully saturated rings. The third-order valence-corrected chi connectivity index (χ3v) is 3.10. The highest BCUT2D eigenvalue weighted by Gasteiger charge is 2.15. The summed E-state index contributed by atoms with van der Waals surface area (Å²) in [6, 6.07) is 9.01. The van der Waals surface area contributed by atoms with Gasteiger partial charge in [0.1, 0.15) is 0 Å². The second kappa shape index (κ2) is 5.12. The van der Waals surface area contributed by atoms with Gasteiger partial charge in [-0.3, -0.25) is 4.79 Å². The molecule has 1 amide bonds. The first kappa shape index (κ1) is 11.1. The molecule has 1 saturated heterocycles. The fraction of sp³-hybridized carbons (Fsp3) is 0.462. The molecule has 0 bridgehead atoms. The number of hydrogen-bond acceptors (Lipinski definition) is 2. The van der Waals surface area contributed by atoms with Crippen molar-refractivity contribution in [3.05, 3.63) is 35.4 Å². The van der Waals surface area contributed by atoms with Gasteiger partial charge in [-0.2, -0.15) is 0 Å². The van der Waals surface area contributed by atoms with E-state index in [9.17, 15) is 4.79 Å². The number of carbonyl (C=O) groups is 1. The van der Waals surface area contributed by atoms with Crippen LogP contribution in [0.4, 0.5) is 0 Å². The second-order valence-electron chi connectivity index (χ2n) is 4.36. The van der Waals surface area contributed by atoms with Gasteiger partial charge in [-0.15, -0.1) is 0 Å². The minimum atomic E-state index is -0.235. The van der Waals surface area contributed by atoms with Gasteiger partial charge in [0, 0.05) is 12.5 Å². The van der Waals surface area contributed by atoms with Crippen LogP contribution in [0.3, 0.4) is 0 Å². The number of aryl methyl sites for hydroxylation is 1. The molecule has 0 radical (unpaired) electrons. The monoisotopic (exact) mass is 218 g/mol. The minimum absolute atomic E-state index is 0.235. The molecule has 0 aromatic heterocycles. The lowest BCUT2D eigenvalue weighted by atomic mass is 10.0. The molecule has 0 saturated carbocycles. The van der Waals surface area contributed by atoms with Gasteiger partial charge in [0.25, 0.3) is 0 Å². The van der Waals surface area contributed by atoms with Gasteiger partial charge in [-0.25, -0.2) is 0 Å². The Morgan fingerprint density at radius 3 is 2.69 bits per heavy atom. The van der Waals surface area contributed by atoms with Crippen molar-refractivity contribution < 1.29 is 4.79 Å². The molecular weight excluding hydrogens is 200 g/mol. The zero-order valence-corrected chi connectivity index (χ0v) is 9.41. The molecule has 1 aliphatic rings. The van der Waals surface area contributed by atoms with Crippen molar-refractivity contribution in [3.63, 3.8) is 0 Å². The Bertz CT molecular complexity index is 353. The molecular formula is C13H18N2O. The summed E-state index contributed by atoms with van der Waals surface area (Å²) in [5.74, 6) is -0.235. The Morgan fingerprint density at radius 2 is 2.12 bits per heavy atom. The van der Waals surface area contributed by atoms with Crippen LogP contribution in [0.5, 0.6) is 0 Å². The molecule has 1 heterocycles. The van der Waals surface area contributed by atoms with E-state index in [0.717, 1.165) is 13.0 Å². The van der Waals surface area contributed by atoms with Crippen LogP contribution < -0.4 is 11.1 Å². The van der Waals surface area contributed by atoms with Gasteiger partial charge in [0.15, 0.2) is 0 Å².